The number of benzene rings is 2. The number of hydrogen-bond acceptors (Lipinski definition) is 3. The molecule has 25 heavy (non-hydrogen) atoms. The van der Waals surface area contributed by atoms with Gasteiger partial charge in [-0.1, -0.05) is 30.3 Å². The zero-order chi connectivity index (χ0) is 18.4. The van der Waals surface area contributed by atoms with E-state index in [1.54, 1.807) is 37.3 Å². The number of anilines is 1. The van der Waals surface area contributed by atoms with Crippen LogP contribution in [-0.4, -0.2) is 30.1 Å². The Balaban J connectivity index is 2.26. The van der Waals surface area contributed by atoms with Crippen molar-refractivity contribution in [2.24, 2.45) is 0 Å². The number of halogens is 3. The average Bonchev–Trinajstić information content (AvgIpc) is 2.55. The molecule has 0 unspecified atom stereocenters. The number of carbonyl (C=O) groups is 1. The molecule has 0 aromatic heterocycles. The van der Waals surface area contributed by atoms with E-state index in [2.05, 4.69) is 0 Å². The molecule has 0 aliphatic carbocycles. The molecule has 0 spiro atoms. The minimum atomic E-state index is -4.50. The monoisotopic (exact) mass is 352 g/mol. The molecule has 2 rings (SSSR count). The molecule has 2 aromatic carbocycles. The highest BCUT2D eigenvalue weighted by atomic mass is 19.4. The van der Waals surface area contributed by atoms with Crippen LogP contribution in [0.1, 0.15) is 22.8 Å². The summed E-state index contributed by atoms with van der Waals surface area (Å²) in [5.74, 6) is -0.347. The van der Waals surface area contributed by atoms with Gasteiger partial charge in [0, 0.05) is 12.1 Å². The van der Waals surface area contributed by atoms with Gasteiger partial charge in [0.25, 0.3) is 5.91 Å². The van der Waals surface area contributed by atoms with E-state index in [4.69, 9.17) is 10.5 Å². The zero-order valence-electron chi connectivity index (χ0n) is 13.7. The molecular weight excluding hydrogens is 333 g/mol. The lowest BCUT2D eigenvalue weighted by Crippen LogP contribution is -2.38. The molecule has 0 fully saturated rings. The maximum absolute atomic E-state index is 12.9. The summed E-state index contributed by atoms with van der Waals surface area (Å²) in [4.78, 5) is 13.3. The molecule has 2 aromatic rings. The number of carbonyl (C=O) groups excluding carboxylic acids is 1. The molecule has 4 nitrogen and oxygen atoms in total. The molecule has 0 aliphatic heterocycles. The molecule has 0 aliphatic rings. The third kappa shape index (κ3) is 5.41. The molecule has 0 saturated carbocycles. The zero-order valence-corrected chi connectivity index (χ0v) is 13.7. The summed E-state index contributed by atoms with van der Waals surface area (Å²) in [6, 6.07) is 12.7. The molecule has 0 bridgehead atoms. The van der Waals surface area contributed by atoms with Gasteiger partial charge >= 0.3 is 6.18 Å². The number of rotatable bonds is 6. The van der Waals surface area contributed by atoms with Crippen molar-refractivity contribution in [2.45, 2.75) is 19.6 Å². The lowest BCUT2D eigenvalue weighted by molar-refractivity contribution is -0.141. The molecule has 1 amide bonds. The Bertz CT molecular complexity index is 718. The minimum Gasteiger partial charge on any atom is -0.492 e. The van der Waals surface area contributed by atoms with Crippen LogP contribution < -0.4 is 10.5 Å². The molecule has 2 N–H and O–H groups in total. The highest BCUT2D eigenvalue weighted by Gasteiger charge is 2.33. The van der Waals surface area contributed by atoms with Crippen LogP contribution in [0.25, 0.3) is 0 Å². The number of nitrogens with zero attached hydrogens (tertiary/aromatic N) is 1. The Morgan fingerprint density at radius 2 is 1.84 bits per heavy atom. The molecular formula is C18H19F3N2O2. The highest BCUT2D eigenvalue weighted by molar-refractivity contribution is 5.95. The Morgan fingerprint density at radius 3 is 2.40 bits per heavy atom. The summed E-state index contributed by atoms with van der Waals surface area (Å²) in [7, 11) is 0. The van der Waals surface area contributed by atoms with Gasteiger partial charge in [0.2, 0.25) is 0 Å². The minimum absolute atomic E-state index is 0.0844. The van der Waals surface area contributed by atoms with Gasteiger partial charge < -0.3 is 15.4 Å². The van der Waals surface area contributed by atoms with Gasteiger partial charge in [0.1, 0.15) is 12.3 Å². The van der Waals surface area contributed by atoms with Crippen LogP contribution in [0.4, 0.5) is 18.9 Å². The first-order chi connectivity index (χ1) is 11.8. The maximum Gasteiger partial charge on any atom is 0.406 e. The van der Waals surface area contributed by atoms with Crippen LogP contribution in [0.2, 0.25) is 0 Å². The van der Waals surface area contributed by atoms with Crippen molar-refractivity contribution in [1.29, 1.82) is 0 Å². The number of ether oxygens (including phenoxy) is 1. The molecule has 0 heterocycles. The molecule has 7 heteroatoms. The molecule has 0 saturated heterocycles. The fraction of sp³-hybridized carbons (Fsp3) is 0.278. The largest absolute Gasteiger partial charge is 0.492 e. The van der Waals surface area contributed by atoms with Gasteiger partial charge in [-0.3, -0.25) is 4.79 Å². The van der Waals surface area contributed by atoms with E-state index in [-0.39, 0.29) is 17.8 Å². The van der Waals surface area contributed by atoms with E-state index in [1.807, 2.05) is 0 Å². The summed E-state index contributed by atoms with van der Waals surface area (Å²) in [6.45, 7) is 0.690. The predicted octanol–water partition coefficient (Wildman–Crippen LogP) is 3.87. The van der Waals surface area contributed by atoms with Gasteiger partial charge in [-0.05, 0) is 30.7 Å². The number of amides is 1. The summed E-state index contributed by atoms with van der Waals surface area (Å²) in [6.07, 6.45) is -4.50. The van der Waals surface area contributed by atoms with Gasteiger partial charge in [-0.25, -0.2) is 0 Å². The van der Waals surface area contributed by atoms with Crippen molar-refractivity contribution in [3.8, 4) is 5.75 Å². The Morgan fingerprint density at radius 1 is 1.16 bits per heavy atom. The van der Waals surface area contributed by atoms with Crippen LogP contribution in [0, 0.1) is 0 Å². The standard InChI is InChI=1S/C18H19F3N2O2/c1-2-25-16-9-8-14(10-15(16)22)17(24)23(12-18(19,20)21)11-13-6-4-3-5-7-13/h3-10H,2,11-12,22H2,1H3. The lowest BCUT2D eigenvalue weighted by Gasteiger charge is -2.24. The van der Waals surface area contributed by atoms with E-state index in [1.165, 1.54) is 18.2 Å². The van der Waals surface area contributed by atoms with Crippen LogP contribution >= 0.6 is 0 Å². The van der Waals surface area contributed by atoms with E-state index >= 15 is 0 Å². The van der Waals surface area contributed by atoms with Gasteiger partial charge in [0.15, 0.2) is 0 Å². The van der Waals surface area contributed by atoms with Crippen LogP contribution in [0.5, 0.6) is 5.75 Å². The second-order valence-corrected chi connectivity index (χ2v) is 5.45. The maximum atomic E-state index is 12.9. The summed E-state index contributed by atoms with van der Waals surface area (Å²) < 4.78 is 43.9. The van der Waals surface area contributed by atoms with Gasteiger partial charge in [-0.15, -0.1) is 0 Å². The van der Waals surface area contributed by atoms with Crippen molar-refractivity contribution in [2.75, 3.05) is 18.9 Å². The number of hydrogen-bond donors (Lipinski definition) is 1. The lowest BCUT2D eigenvalue weighted by atomic mass is 10.1. The van der Waals surface area contributed by atoms with Crippen LogP contribution in [0.3, 0.4) is 0 Å². The summed E-state index contributed by atoms with van der Waals surface area (Å²) in [5, 5.41) is 0. The second kappa shape index (κ2) is 7.92. The summed E-state index contributed by atoms with van der Waals surface area (Å²) in [5.41, 5.74) is 6.71. The topological polar surface area (TPSA) is 55.6 Å². The molecule has 0 radical (unpaired) electrons. The number of alkyl halides is 3. The third-order valence-electron chi connectivity index (χ3n) is 3.43. The van der Waals surface area contributed by atoms with Crippen molar-refractivity contribution < 1.29 is 22.7 Å². The predicted molar refractivity (Wildman–Crippen MR) is 89.3 cm³/mol. The average molecular weight is 352 g/mol. The number of nitrogen functional groups attached to an aromatic ring is 1. The summed E-state index contributed by atoms with van der Waals surface area (Å²) >= 11 is 0. The van der Waals surface area contributed by atoms with E-state index in [0.29, 0.717) is 17.9 Å². The fourth-order valence-corrected chi connectivity index (χ4v) is 2.37. The van der Waals surface area contributed by atoms with E-state index < -0.39 is 18.6 Å². The van der Waals surface area contributed by atoms with Crippen LogP contribution in [0.15, 0.2) is 48.5 Å². The highest BCUT2D eigenvalue weighted by Crippen LogP contribution is 2.25. The smallest absolute Gasteiger partial charge is 0.406 e. The van der Waals surface area contributed by atoms with E-state index in [0.717, 1.165) is 4.90 Å². The van der Waals surface area contributed by atoms with Crippen LogP contribution in [-0.2, 0) is 6.54 Å². The number of nitrogens with two attached hydrogens (primary N) is 1. The Kier molecular flexibility index (Phi) is 5.90. The van der Waals surface area contributed by atoms with Crippen molar-refractivity contribution >= 4 is 11.6 Å². The first kappa shape index (κ1) is 18.6. The van der Waals surface area contributed by atoms with Gasteiger partial charge in [-0.2, -0.15) is 13.2 Å². The molecule has 0 atom stereocenters. The normalized spacial score (nSPS) is 11.2. The Labute approximate surface area is 144 Å². The Hall–Kier alpha value is -2.70. The SMILES string of the molecule is CCOc1ccc(C(=O)N(Cc2ccccc2)CC(F)(F)F)cc1N. The fourth-order valence-electron chi connectivity index (χ4n) is 2.37. The van der Waals surface area contributed by atoms with Crippen molar-refractivity contribution in [3.05, 3.63) is 59.7 Å². The first-order valence-corrected chi connectivity index (χ1v) is 7.72. The quantitative estimate of drug-likeness (QED) is 0.803. The second-order valence-electron chi connectivity index (χ2n) is 5.45. The first-order valence-electron chi connectivity index (χ1n) is 7.72. The van der Waals surface area contributed by atoms with Crippen molar-refractivity contribution in [1.82, 2.24) is 4.90 Å². The van der Waals surface area contributed by atoms with Crippen molar-refractivity contribution in [3.63, 3.8) is 0 Å². The van der Waals surface area contributed by atoms with E-state index in [9.17, 15) is 18.0 Å². The third-order valence-corrected chi connectivity index (χ3v) is 3.43. The van der Waals surface area contributed by atoms with Gasteiger partial charge in [0.05, 0.1) is 12.3 Å². The molecule has 134 valence electrons.